The summed E-state index contributed by atoms with van der Waals surface area (Å²) in [6, 6.07) is 9.59. The highest BCUT2D eigenvalue weighted by Gasteiger charge is 2.23. The van der Waals surface area contributed by atoms with E-state index in [0.717, 1.165) is 30.2 Å². The largest absolute Gasteiger partial charge is 0.351 e. The van der Waals surface area contributed by atoms with Gasteiger partial charge in [-0.2, -0.15) is 0 Å². The maximum atomic E-state index is 12.6. The van der Waals surface area contributed by atoms with Crippen molar-refractivity contribution in [3.8, 4) is 0 Å². The molecule has 2 aromatic rings. The van der Waals surface area contributed by atoms with Crippen LogP contribution in [-0.2, 0) is 17.8 Å². The summed E-state index contributed by atoms with van der Waals surface area (Å²) in [5.41, 5.74) is 1.87. The van der Waals surface area contributed by atoms with Crippen molar-refractivity contribution in [2.75, 3.05) is 24.5 Å². The quantitative estimate of drug-likeness (QED) is 0.811. The molecule has 0 aromatic carbocycles. The smallest absolute Gasteiger partial charge is 0.228 e. The zero-order chi connectivity index (χ0) is 16.1. The molecule has 23 heavy (non-hydrogen) atoms. The minimum absolute atomic E-state index is 0.0963. The van der Waals surface area contributed by atoms with Gasteiger partial charge in [-0.1, -0.05) is 18.2 Å². The van der Waals surface area contributed by atoms with Crippen LogP contribution in [0.4, 0.5) is 5.82 Å². The average Bonchev–Trinajstić information content (AvgIpc) is 2.76. The van der Waals surface area contributed by atoms with Crippen LogP contribution in [0.25, 0.3) is 0 Å². The number of aromatic nitrogens is 2. The van der Waals surface area contributed by atoms with Gasteiger partial charge in [0.25, 0.3) is 0 Å². The molecule has 0 radical (unpaired) electrons. The molecule has 1 amide bonds. The third kappa shape index (κ3) is 3.56. The van der Waals surface area contributed by atoms with Gasteiger partial charge in [-0.15, -0.1) is 6.58 Å². The molecule has 2 aromatic heterocycles. The van der Waals surface area contributed by atoms with Crippen LogP contribution in [0.2, 0.25) is 0 Å². The lowest BCUT2D eigenvalue weighted by Gasteiger charge is -2.22. The number of pyridine rings is 2. The molecule has 0 saturated carbocycles. The van der Waals surface area contributed by atoms with Gasteiger partial charge in [0.2, 0.25) is 5.91 Å². The van der Waals surface area contributed by atoms with E-state index in [1.54, 1.807) is 12.4 Å². The Bertz CT molecular complexity index is 686. The van der Waals surface area contributed by atoms with Crippen LogP contribution in [0.15, 0.2) is 55.4 Å². The zero-order valence-corrected chi connectivity index (χ0v) is 13.1. The lowest BCUT2D eigenvalue weighted by atomic mass is 10.2. The van der Waals surface area contributed by atoms with E-state index in [1.807, 2.05) is 41.3 Å². The van der Waals surface area contributed by atoms with Crippen molar-refractivity contribution in [2.24, 2.45) is 0 Å². The average molecular weight is 308 g/mol. The summed E-state index contributed by atoms with van der Waals surface area (Å²) in [7, 11) is 0. The molecule has 0 aliphatic carbocycles. The fourth-order valence-electron chi connectivity index (χ4n) is 2.79. The van der Waals surface area contributed by atoms with Crippen LogP contribution in [0.1, 0.15) is 11.3 Å². The summed E-state index contributed by atoms with van der Waals surface area (Å²) < 4.78 is 0. The molecular formula is C18H20N4O. The van der Waals surface area contributed by atoms with Gasteiger partial charge in [0.05, 0.1) is 6.42 Å². The third-order valence-corrected chi connectivity index (χ3v) is 3.93. The second-order valence-electron chi connectivity index (χ2n) is 5.53. The summed E-state index contributed by atoms with van der Waals surface area (Å²) in [6.07, 6.45) is 5.71. The molecule has 0 fully saturated rings. The molecule has 1 aliphatic heterocycles. The van der Waals surface area contributed by atoms with Gasteiger partial charge in [-0.3, -0.25) is 9.78 Å². The van der Waals surface area contributed by atoms with E-state index in [4.69, 9.17) is 0 Å². The van der Waals surface area contributed by atoms with Gasteiger partial charge < -0.3 is 9.80 Å². The Morgan fingerprint density at radius 1 is 1.17 bits per heavy atom. The van der Waals surface area contributed by atoms with Gasteiger partial charge in [0.15, 0.2) is 0 Å². The van der Waals surface area contributed by atoms with Crippen LogP contribution in [0.5, 0.6) is 0 Å². The summed E-state index contributed by atoms with van der Waals surface area (Å²) >= 11 is 0. The van der Waals surface area contributed by atoms with Crippen LogP contribution < -0.4 is 4.90 Å². The van der Waals surface area contributed by atoms with Crippen molar-refractivity contribution >= 4 is 11.7 Å². The van der Waals surface area contributed by atoms with E-state index < -0.39 is 0 Å². The van der Waals surface area contributed by atoms with Crippen LogP contribution in [0.3, 0.4) is 0 Å². The summed E-state index contributed by atoms with van der Waals surface area (Å²) in [4.78, 5) is 25.4. The van der Waals surface area contributed by atoms with Crippen LogP contribution in [0, 0.1) is 0 Å². The van der Waals surface area contributed by atoms with Gasteiger partial charge in [0.1, 0.15) is 5.82 Å². The summed E-state index contributed by atoms with van der Waals surface area (Å²) in [5.74, 6) is 1.04. The normalized spacial score (nSPS) is 14.1. The monoisotopic (exact) mass is 308 g/mol. The van der Waals surface area contributed by atoms with Crippen LogP contribution in [-0.4, -0.2) is 40.4 Å². The minimum atomic E-state index is 0.0963. The Morgan fingerprint density at radius 3 is 2.83 bits per heavy atom. The number of anilines is 1. The van der Waals surface area contributed by atoms with E-state index in [9.17, 15) is 4.79 Å². The number of fused-ring (bicyclic) bond motifs is 1. The Kier molecular flexibility index (Phi) is 4.66. The van der Waals surface area contributed by atoms with Crippen molar-refractivity contribution in [3.05, 3.63) is 66.6 Å². The molecule has 118 valence electrons. The number of hydrogen-bond donors (Lipinski definition) is 0. The Labute approximate surface area is 136 Å². The van der Waals surface area contributed by atoms with E-state index in [-0.39, 0.29) is 5.91 Å². The molecule has 1 aliphatic rings. The van der Waals surface area contributed by atoms with Gasteiger partial charge in [-0.05, 0) is 18.2 Å². The molecule has 0 unspecified atom stereocenters. The lowest BCUT2D eigenvalue weighted by molar-refractivity contribution is -0.130. The highest BCUT2D eigenvalue weighted by Crippen LogP contribution is 2.22. The number of hydrogen-bond acceptors (Lipinski definition) is 4. The van der Waals surface area contributed by atoms with Gasteiger partial charge >= 0.3 is 0 Å². The summed E-state index contributed by atoms with van der Waals surface area (Å²) in [5, 5.41) is 0. The van der Waals surface area contributed by atoms with Crippen molar-refractivity contribution in [3.63, 3.8) is 0 Å². The van der Waals surface area contributed by atoms with Crippen molar-refractivity contribution in [1.82, 2.24) is 14.9 Å². The van der Waals surface area contributed by atoms with Crippen molar-refractivity contribution in [2.45, 2.75) is 13.0 Å². The maximum absolute atomic E-state index is 12.6. The topological polar surface area (TPSA) is 49.3 Å². The number of rotatable bonds is 4. The van der Waals surface area contributed by atoms with Gasteiger partial charge in [-0.25, -0.2) is 4.98 Å². The van der Waals surface area contributed by atoms with E-state index in [2.05, 4.69) is 21.4 Å². The molecule has 3 heterocycles. The molecule has 0 saturated heterocycles. The molecule has 5 heteroatoms. The van der Waals surface area contributed by atoms with E-state index in [0.29, 0.717) is 19.5 Å². The predicted molar refractivity (Wildman–Crippen MR) is 90.0 cm³/mol. The van der Waals surface area contributed by atoms with Crippen molar-refractivity contribution in [1.29, 1.82) is 0 Å². The first kappa shape index (κ1) is 15.2. The Balaban J connectivity index is 1.78. The number of nitrogens with zero attached hydrogens (tertiary/aromatic N) is 4. The second-order valence-corrected chi connectivity index (χ2v) is 5.53. The minimum Gasteiger partial charge on any atom is -0.351 e. The Morgan fingerprint density at radius 2 is 2.04 bits per heavy atom. The predicted octanol–water partition coefficient (Wildman–Crippen LogP) is 2.05. The van der Waals surface area contributed by atoms with Crippen molar-refractivity contribution < 1.29 is 4.79 Å². The first-order valence-corrected chi connectivity index (χ1v) is 7.75. The number of carbonyl (C=O) groups excluding carboxylic acids is 1. The van der Waals surface area contributed by atoms with E-state index >= 15 is 0 Å². The fourth-order valence-corrected chi connectivity index (χ4v) is 2.79. The molecule has 0 atom stereocenters. The first-order valence-electron chi connectivity index (χ1n) is 7.75. The second kappa shape index (κ2) is 7.05. The fraction of sp³-hybridized carbons (Fsp3) is 0.278. The molecular weight excluding hydrogens is 288 g/mol. The third-order valence-electron chi connectivity index (χ3n) is 3.93. The number of carbonyl (C=O) groups is 1. The Hall–Kier alpha value is -2.69. The van der Waals surface area contributed by atoms with E-state index in [1.165, 1.54) is 0 Å². The highest BCUT2D eigenvalue weighted by atomic mass is 16.2. The first-order chi connectivity index (χ1) is 11.3. The highest BCUT2D eigenvalue weighted by molar-refractivity contribution is 5.78. The number of amides is 1. The molecule has 0 N–H and O–H groups in total. The summed E-state index contributed by atoms with van der Waals surface area (Å²) in [6.45, 7) is 6.55. The standard InChI is InChI=1S/C18H20N4O/c1-2-10-21-11-12-22(14-15-6-5-9-20-18(15)21)17(23)13-16-7-3-4-8-19-16/h2-9H,1,10-14H2. The zero-order valence-electron chi connectivity index (χ0n) is 13.1. The molecule has 3 rings (SSSR count). The lowest BCUT2D eigenvalue weighted by Crippen LogP contribution is -2.36. The molecule has 0 bridgehead atoms. The molecule has 5 nitrogen and oxygen atoms in total. The van der Waals surface area contributed by atoms with Crippen LogP contribution >= 0.6 is 0 Å². The van der Waals surface area contributed by atoms with Gasteiger partial charge in [0, 0.05) is 49.8 Å². The maximum Gasteiger partial charge on any atom is 0.228 e. The SMILES string of the molecule is C=CCN1CCN(C(=O)Cc2ccccn2)Cc2cccnc21. The molecule has 0 spiro atoms.